The molecule has 1 N–H and O–H groups in total. The van der Waals surface area contributed by atoms with Crippen molar-refractivity contribution in [3.63, 3.8) is 0 Å². The van der Waals surface area contributed by atoms with E-state index in [2.05, 4.69) is 28.4 Å². The molecular formula is C17H22N2OS. The van der Waals surface area contributed by atoms with E-state index in [9.17, 15) is 4.79 Å². The van der Waals surface area contributed by atoms with Crippen LogP contribution in [-0.2, 0) is 11.2 Å². The third kappa shape index (κ3) is 4.99. The van der Waals surface area contributed by atoms with E-state index in [0.29, 0.717) is 13.0 Å². The number of carbonyl (C=O) groups excluding carboxylic acids is 1. The van der Waals surface area contributed by atoms with Gasteiger partial charge in [0.05, 0.1) is 6.04 Å². The van der Waals surface area contributed by atoms with Crippen LogP contribution in [0.2, 0.25) is 0 Å². The number of nitrogens with one attached hydrogen (secondary N) is 1. The molecule has 2 rings (SSSR count). The molecule has 1 aromatic carbocycles. The normalized spacial score (nSPS) is 12.3. The molecule has 0 fully saturated rings. The van der Waals surface area contributed by atoms with Gasteiger partial charge in [0.1, 0.15) is 0 Å². The summed E-state index contributed by atoms with van der Waals surface area (Å²) in [6, 6.07) is 14.6. The SMILES string of the molecule is CN(C)C(CNC(=O)CCc1cccs1)c1ccccc1. The number of benzene rings is 1. The fourth-order valence-corrected chi connectivity index (χ4v) is 2.97. The Morgan fingerprint density at radius 1 is 1.19 bits per heavy atom. The van der Waals surface area contributed by atoms with Crippen LogP contribution in [0.3, 0.4) is 0 Å². The maximum Gasteiger partial charge on any atom is 0.220 e. The summed E-state index contributed by atoms with van der Waals surface area (Å²) in [4.78, 5) is 15.4. The predicted molar refractivity (Wildman–Crippen MR) is 88.5 cm³/mol. The number of amides is 1. The number of carbonyl (C=O) groups is 1. The summed E-state index contributed by atoms with van der Waals surface area (Å²) in [7, 11) is 4.07. The molecule has 1 amide bonds. The Bertz CT molecular complexity index is 537. The van der Waals surface area contributed by atoms with Crippen molar-refractivity contribution in [2.75, 3.05) is 20.6 Å². The zero-order valence-corrected chi connectivity index (χ0v) is 13.4. The van der Waals surface area contributed by atoms with E-state index in [4.69, 9.17) is 0 Å². The van der Waals surface area contributed by atoms with E-state index < -0.39 is 0 Å². The Hall–Kier alpha value is -1.65. The van der Waals surface area contributed by atoms with Gasteiger partial charge in [0.2, 0.25) is 5.91 Å². The van der Waals surface area contributed by atoms with Crippen LogP contribution >= 0.6 is 11.3 Å². The highest BCUT2D eigenvalue weighted by Crippen LogP contribution is 2.17. The highest BCUT2D eigenvalue weighted by atomic mass is 32.1. The highest BCUT2D eigenvalue weighted by Gasteiger charge is 2.14. The topological polar surface area (TPSA) is 32.3 Å². The number of thiophene rings is 1. The summed E-state index contributed by atoms with van der Waals surface area (Å²) in [5.41, 5.74) is 1.22. The first-order valence-corrected chi connectivity index (χ1v) is 8.05. The van der Waals surface area contributed by atoms with Gasteiger partial charge < -0.3 is 10.2 Å². The molecule has 1 aromatic heterocycles. The van der Waals surface area contributed by atoms with Crippen molar-refractivity contribution in [3.05, 3.63) is 58.3 Å². The van der Waals surface area contributed by atoms with Crippen LogP contribution in [-0.4, -0.2) is 31.4 Å². The standard InChI is InChI=1S/C17H22N2OS/c1-19(2)16(14-7-4-3-5-8-14)13-18-17(20)11-10-15-9-6-12-21-15/h3-9,12,16H,10-11,13H2,1-2H3,(H,18,20). The summed E-state index contributed by atoms with van der Waals surface area (Å²) in [5.74, 6) is 0.117. The Morgan fingerprint density at radius 3 is 2.57 bits per heavy atom. The monoisotopic (exact) mass is 302 g/mol. The lowest BCUT2D eigenvalue weighted by Gasteiger charge is -2.25. The van der Waals surface area contributed by atoms with Gasteiger partial charge in [-0.1, -0.05) is 36.4 Å². The van der Waals surface area contributed by atoms with Gasteiger partial charge >= 0.3 is 0 Å². The second kappa shape index (κ2) is 7.96. The largest absolute Gasteiger partial charge is 0.354 e. The summed E-state index contributed by atoms with van der Waals surface area (Å²) < 4.78 is 0. The molecular weight excluding hydrogens is 280 g/mol. The molecule has 21 heavy (non-hydrogen) atoms. The lowest BCUT2D eigenvalue weighted by Crippen LogP contribution is -2.34. The number of likely N-dealkylation sites (N-methyl/N-ethyl adjacent to an activating group) is 1. The minimum absolute atomic E-state index is 0.117. The van der Waals surface area contributed by atoms with Crippen molar-refractivity contribution < 1.29 is 4.79 Å². The Labute approximate surface area is 130 Å². The molecule has 0 aliphatic carbocycles. The zero-order valence-electron chi connectivity index (χ0n) is 12.6. The van der Waals surface area contributed by atoms with Crippen LogP contribution in [0.25, 0.3) is 0 Å². The maximum absolute atomic E-state index is 12.0. The highest BCUT2D eigenvalue weighted by molar-refractivity contribution is 7.09. The minimum atomic E-state index is 0.117. The first-order chi connectivity index (χ1) is 10.2. The number of hydrogen-bond donors (Lipinski definition) is 1. The second-order valence-corrected chi connectivity index (χ2v) is 6.31. The molecule has 0 bridgehead atoms. The summed E-state index contributed by atoms with van der Waals surface area (Å²) in [6.45, 7) is 0.639. The maximum atomic E-state index is 12.0. The third-order valence-electron chi connectivity index (χ3n) is 3.48. The molecule has 0 saturated carbocycles. The molecule has 4 heteroatoms. The van der Waals surface area contributed by atoms with Crippen LogP contribution in [0.1, 0.15) is 22.9 Å². The van der Waals surface area contributed by atoms with Crippen LogP contribution in [0, 0.1) is 0 Å². The van der Waals surface area contributed by atoms with Gasteiger partial charge in [-0.15, -0.1) is 11.3 Å². The molecule has 0 aliphatic heterocycles. The fourth-order valence-electron chi connectivity index (χ4n) is 2.26. The van der Waals surface area contributed by atoms with E-state index in [0.717, 1.165) is 6.42 Å². The first-order valence-electron chi connectivity index (χ1n) is 7.17. The molecule has 1 atom stereocenters. The van der Waals surface area contributed by atoms with Gasteiger partial charge in [-0.25, -0.2) is 0 Å². The smallest absolute Gasteiger partial charge is 0.220 e. The second-order valence-electron chi connectivity index (χ2n) is 5.27. The quantitative estimate of drug-likeness (QED) is 0.852. The lowest BCUT2D eigenvalue weighted by atomic mass is 10.1. The fraction of sp³-hybridized carbons (Fsp3) is 0.353. The molecule has 2 aromatic rings. The van der Waals surface area contributed by atoms with Gasteiger partial charge in [-0.2, -0.15) is 0 Å². The number of nitrogens with zero attached hydrogens (tertiary/aromatic N) is 1. The minimum Gasteiger partial charge on any atom is -0.354 e. The molecule has 0 saturated heterocycles. The number of aryl methyl sites for hydroxylation is 1. The molecule has 0 aliphatic rings. The Morgan fingerprint density at radius 2 is 1.95 bits per heavy atom. The van der Waals surface area contributed by atoms with Crippen molar-refractivity contribution in [1.29, 1.82) is 0 Å². The number of hydrogen-bond acceptors (Lipinski definition) is 3. The predicted octanol–water partition coefficient (Wildman–Crippen LogP) is 3.10. The molecule has 112 valence electrons. The van der Waals surface area contributed by atoms with Crippen LogP contribution in [0.4, 0.5) is 0 Å². The van der Waals surface area contributed by atoms with Gasteiger partial charge in [-0.3, -0.25) is 4.79 Å². The molecule has 1 unspecified atom stereocenters. The van der Waals surface area contributed by atoms with Crippen LogP contribution in [0.15, 0.2) is 47.8 Å². The van der Waals surface area contributed by atoms with Crippen molar-refractivity contribution in [1.82, 2.24) is 10.2 Å². The van der Waals surface area contributed by atoms with Crippen molar-refractivity contribution >= 4 is 17.2 Å². The lowest BCUT2D eigenvalue weighted by molar-refractivity contribution is -0.121. The van der Waals surface area contributed by atoms with Crippen molar-refractivity contribution in [3.8, 4) is 0 Å². The third-order valence-corrected chi connectivity index (χ3v) is 4.42. The van der Waals surface area contributed by atoms with E-state index in [1.807, 2.05) is 43.7 Å². The van der Waals surface area contributed by atoms with Crippen molar-refractivity contribution in [2.45, 2.75) is 18.9 Å². The Balaban J connectivity index is 1.83. The summed E-state index contributed by atoms with van der Waals surface area (Å²) in [6.07, 6.45) is 1.37. The van der Waals surface area contributed by atoms with E-state index in [1.54, 1.807) is 11.3 Å². The van der Waals surface area contributed by atoms with E-state index in [1.165, 1.54) is 10.4 Å². The summed E-state index contributed by atoms with van der Waals surface area (Å²) in [5, 5.41) is 5.10. The van der Waals surface area contributed by atoms with E-state index in [-0.39, 0.29) is 11.9 Å². The van der Waals surface area contributed by atoms with Gasteiger partial charge in [-0.05, 0) is 37.5 Å². The van der Waals surface area contributed by atoms with Gasteiger partial charge in [0.25, 0.3) is 0 Å². The molecule has 1 heterocycles. The van der Waals surface area contributed by atoms with E-state index >= 15 is 0 Å². The first kappa shape index (κ1) is 15.7. The average molecular weight is 302 g/mol. The average Bonchev–Trinajstić information content (AvgIpc) is 2.99. The van der Waals surface area contributed by atoms with Crippen LogP contribution < -0.4 is 5.32 Å². The molecule has 0 spiro atoms. The number of rotatable bonds is 7. The molecule has 3 nitrogen and oxygen atoms in total. The van der Waals surface area contributed by atoms with Gasteiger partial charge in [0.15, 0.2) is 0 Å². The van der Waals surface area contributed by atoms with Crippen molar-refractivity contribution in [2.24, 2.45) is 0 Å². The Kier molecular flexibility index (Phi) is 5.96. The zero-order chi connectivity index (χ0) is 15.1. The van der Waals surface area contributed by atoms with Gasteiger partial charge in [0, 0.05) is 17.8 Å². The summed E-state index contributed by atoms with van der Waals surface area (Å²) >= 11 is 1.70. The van der Waals surface area contributed by atoms with Crippen LogP contribution in [0.5, 0.6) is 0 Å². The molecule has 0 radical (unpaired) electrons.